The van der Waals surface area contributed by atoms with Crippen molar-refractivity contribution in [2.75, 3.05) is 0 Å². The van der Waals surface area contributed by atoms with Crippen LogP contribution in [0.3, 0.4) is 0 Å². The number of carboxylic acid groups (broad SMARTS) is 1. The van der Waals surface area contributed by atoms with Crippen LogP contribution in [0.5, 0.6) is 0 Å². The molecule has 6 heteroatoms. The molecule has 0 aliphatic rings. The summed E-state index contributed by atoms with van der Waals surface area (Å²) in [5.41, 5.74) is -0.391. The Bertz CT molecular complexity index is 587. The minimum absolute atomic E-state index is 0.350. The van der Waals surface area contributed by atoms with Gasteiger partial charge in [-0.05, 0) is 18.2 Å². The van der Waals surface area contributed by atoms with E-state index in [2.05, 4.69) is 0 Å². The van der Waals surface area contributed by atoms with Gasteiger partial charge >= 0.3 is 5.97 Å². The number of carboxylic acids is 1. The van der Waals surface area contributed by atoms with Crippen LogP contribution in [0.2, 0.25) is 0 Å². The Labute approximate surface area is 87.3 Å². The smallest absolute Gasteiger partial charge is 0.324 e. The highest BCUT2D eigenvalue weighted by atomic mass is 32.1. The molecule has 0 fully saturated rings. The van der Waals surface area contributed by atoms with Crippen LogP contribution >= 0.6 is 11.5 Å². The van der Waals surface area contributed by atoms with E-state index in [0.29, 0.717) is 10.1 Å². The highest BCUT2D eigenvalue weighted by Gasteiger charge is 2.10. The van der Waals surface area contributed by atoms with E-state index in [-0.39, 0.29) is 6.54 Å². The third-order valence-electron chi connectivity index (χ3n) is 1.89. The van der Waals surface area contributed by atoms with Crippen molar-refractivity contribution in [3.63, 3.8) is 0 Å². The van der Waals surface area contributed by atoms with Crippen LogP contribution < -0.4 is 5.56 Å². The molecule has 0 amide bonds. The highest BCUT2D eigenvalue weighted by Crippen LogP contribution is 2.17. The molecule has 0 spiro atoms. The van der Waals surface area contributed by atoms with Crippen molar-refractivity contribution < 1.29 is 14.3 Å². The average Bonchev–Trinajstić information content (AvgIpc) is 2.42. The second-order valence-corrected chi connectivity index (χ2v) is 4.03. The van der Waals surface area contributed by atoms with Gasteiger partial charge in [0.15, 0.2) is 0 Å². The monoisotopic (exact) mass is 227 g/mol. The maximum atomic E-state index is 12.8. The molecule has 2 aromatic rings. The molecule has 78 valence electrons. The molecule has 1 heterocycles. The predicted octanol–water partition coefficient (Wildman–Crippen LogP) is 1.29. The number of fused-ring (bicyclic) bond motifs is 1. The molecule has 1 N–H and O–H groups in total. The topological polar surface area (TPSA) is 59.3 Å². The van der Waals surface area contributed by atoms with E-state index in [0.717, 1.165) is 15.5 Å². The van der Waals surface area contributed by atoms with Gasteiger partial charge in [-0.3, -0.25) is 13.5 Å². The van der Waals surface area contributed by atoms with Gasteiger partial charge in [0.25, 0.3) is 5.56 Å². The molecule has 1 aromatic heterocycles. The Morgan fingerprint density at radius 3 is 2.93 bits per heavy atom. The second kappa shape index (κ2) is 3.47. The molecule has 1 aromatic carbocycles. The Kier molecular flexibility index (Phi) is 2.28. The second-order valence-electron chi connectivity index (χ2n) is 2.97. The van der Waals surface area contributed by atoms with Crippen LogP contribution in [0.25, 0.3) is 10.1 Å². The van der Waals surface area contributed by atoms with E-state index in [1.54, 1.807) is 0 Å². The quantitative estimate of drug-likeness (QED) is 0.840. The zero-order valence-corrected chi connectivity index (χ0v) is 8.25. The Morgan fingerprint density at radius 2 is 2.27 bits per heavy atom. The number of rotatable bonds is 2. The Morgan fingerprint density at radius 1 is 1.53 bits per heavy atom. The van der Waals surface area contributed by atoms with Crippen LogP contribution in [0.15, 0.2) is 23.0 Å². The third-order valence-corrected chi connectivity index (χ3v) is 2.94. The molecule has 4 nitrogen and oxygen atoms in total. The van der Waals surface area contributed by atoms with Crippen LogP contribution in [0.4, 0.5) is 4.39 Å². The normalized spacial score (nSPS) is 10.7. The number of hydrogen-bond acceptors (Lipinski definition) is 3. The van der Waals surface area contributed by atoms with Crippen molar-refractivity contribution in [1.82, 2.24) is 3.96 Å². The van der Waals surface area contributed by atoms with Crippen molar-refractivity contribution in [2.45, 2.75) is 6.54 Å². The van der Waals surface area contributed by atoms with Gasteiger partial charge in [-0.1, -0.05) is 11.5 Å². The van der Waals surface area contributed by atoms with Gasteiger partial charge in [-0.2, -0.15) is 0 Å². The lowest BCUT2D eigenvalue weighted by atomic mass is 10.3. The van der Waals surface area contributed by atoms with Crippen molar-refractivity contribution in [3.8, 4) is 0 Å². The molecule has 0 unspecified atom stereocenters. The van der Waals surface area contributed by atoms with Crippen LogP contribution in [-0.4, -0.2) is 15.0 Å². The fourth-order valence-corrected chi connectivity index (χ4v) is 2.28. The first-order chi connectivity index (χ1) is 7.08. The number of halogens is 1. The molecule has 0 bridgehead atoms. The van der Waals surface area contributed by atoms with E-state index < -0.39 is 17.3 Å². The lowest BCUT2D eigenvalue weighted by Crippen LogP contribution is -2.18. The predicted molar refractivity (Wildman–Crippen MR) is 53.7 cm³/mol. The average molecular weight is 227 g/mol. The molecular formula is C9H6FNO3S. The molecule has 0 saturated heterocycles. The van der Waals surface area contributed by atoms with Crippen molar-refractivity contribution >= 4 is 27.6 Å². The lowest BCUT2D eigenvalue weighted by Gasteiger charge is -1.91. The summed E-state index contributed by atoms with van der Waals surface area (Å²) in [6, 6.07) is 3.77. The number of aliphatic carboxylic acids is 1. The molecule has 15 heavy (non-hydrogen) atoms. The number of aromatic nitrogens is 1. The zero-order chi connectivity index (χ0) is 11.0. The summed E-state index contributed by atoms with van der Waals surface area (Å²) in [5, 5.41) is 8.89. The van der Waals surface area contributed by atoms with Crippen molar-refractivity contribution in [1.29, 1.82) is 0 Å². The van der Waals surface area contributed by atoms with Crippen molar-refractivity contribution in [3.05, 3.63) is 34.4 Å². The van der Waals surface area contributed by atoms with Gasteiger partial charge < -0.3 is 5.11 Å². The van der Waals surface area contributed by atoms with Gasteiger partial charge in [0.1, 0.15) is 12.4 Å². The minimum Gasteiger partial charge on any atom is -0.480 e. The van der Waals surface area contributed by atoms with Gasteiger partial charge in [-0.25, -0.2) is 4.39 Å². The van der Waals surface area contributed by atoms with Gasteiger partial charge in [0, 0.05) is 0 Å². The molecule has 2 rings (SSSR count). The molecule has 0 aliphatic carbocycles. The fraction of sp³-hybridized carbons (Fsp3) is 0.111. The highest BCUT2D eigenvalue weighted by molar-refractivity contribution is 7.13. The SMILES string of the molecule is O=C(O)Cn1sc2cc(F)ccc2c1=O. The van der Waals surface area contributed by atoms with Crippen LogP contribution in [0.1, 0.15) is 0 Å². The van der Waals surface area contributed by atoms with E-state index >= 15 is 0 Å². The standard InChI is InChI=1S/C9H6FNO3S/c10-5-1-2-6-7(3-5)15-11(9(6)14)4-8(12)13/h1-3H,4H2,(H,12,13). The van der Waals surface area contributed by atoms with E-state index in [1.807, 2.05) is 0 Å². The molecule has 0 saturated carbocycles. The maximum Gasteiger partial charge on any atom is 0.324 e. The first-order valence-electron chi connectivity index (χ1n) is 4.09. The van der Waals surface area contributed by atoms with Gasteiger partial charge in [0.2, 0.25) is 0 Å². The summed E-state index contributed by atoms with van der Waals surface area (Å²) >= 11 is 0.950. The van der Waals surface area contributed by atoms with Gasteiger partial charge in [0.05, 0.1) is 10.1 Å². The molecule has 0 radical (unpaired) electrons. The fourth-order valence-electron chi connectivity index (χ4n) is 1.27. The maximum absolute atomic E-state index is 12.8. The third kappa shape index (κ3) is 1.75. The first-order valence-corrected chi connectivity index (χ1v) is 4.86. The first kappa shape index (κ1) is 9.85. The Balaban J connectivity index is 2.64. The zero-order valence-electron chi connectivity index (χ0n) is 7.44. The van der Waals surface area contributed by atoms with Gasteiger partial charge in [-0.15, -0.1) is 0 Å². The molecule has 0 atom stereocenters. The summed E-state index contributed by atoms with van der Waals surface area (Å²) in [5.74, 6) is -1.53. The number of hydrogen-bond donors (Lipinski definition) is 1. The summed E-state index contributed by atoms with van der Waals surface area (Å²) in [6.45, 7) is -0.389. The van der Waals surface area contributed by atoms with Crippen LogP contribution in [-0.2, 0) is 11.3 Å². The van der Waals surface area contributed by atoms with Crippen molar-refractivity contribution in [2.24, 2.45) is 0 Å². The molecular weight excluding hydrogens is 221 g/mol. The van der Waals surface area contributed by atoms with Crippen LogP contribution in [0, 0.1) is 5.82 Å². The summed E-state index contributed by atoms with van der Waals surface area (Å²) < 4.78 is 14.4. The van der Waals surface area contributed by atoms with E-state index in [9.17, 15) is 14.0 Å². The van der Waals surface area contributed by atoms with E-state index in [4.69, 9.17) is 5.11 Å². The summed E-state index contributed by atoms with van der Waals surface area (Å²) in [4.78, 5) is 22.0. The number of carbonyl (C=O) groups is 1. The minimum atomic E-state index is -1.09. The Hall–Kier alpha value is -1.69. The summed E-state index contributed by atoms with van der Waals surface area (Å²) in [7, 11) is 0. The van der Waals surface area contributed by atoms with E-state index in [1.165, 1.54) is 18.2 Å². The lowest BCUT2D eigenvalue weighted by molar-refractivity contribution is -0.137. The summed E-state index contributed by atoms with van der Waals surface area (Å²) in [6.07, 6.45) is 0. The number of benzene rings is 1. The number of nitrogens with zero attached hydrogens (tertiary/aromatic N) is 1. The largest absolute Gasteiger partial charge is 0.480 e. The molecule has 0 aliphatic heterocycles.